The summed E-state index contributed by atoms with van der Waals surface area (Å²) in [7, 11) is 1.68. The molecule has 0 spiro atoms. The van der Waals surface area contributed by atoms with E-state index in [2.05, 4.69) is 29.5 Å². The lowest BCUT2D eigenvalue weighted by Crippen LogP contribution is -2.28. The van der Waals surface area contributed by atoms with Crippen LogP contribution in [0.5, 0.6) is 0 Å². The highest BCUT2D eigenvalue weighted by Crippen LogP contribution is 2.01. The van der Waals surface area contributed by atoms with Crippen LogP contribution in [0.2, 0.25) is 0 Å². The Hall–Kier alpha value is -1.40. The molecular formula is C14H26N4O2. The van der Waals surface area contributed by atoms with E-state index in [1.165, 1.54) is 0 Å². The van der Waals surface area contributed by atoms with Gasteiger partial charge in [0.15, 0.2) is 0 Å². The number of amides is 1. The van der Waals surface area contributed by atoms with Gasteiger partial charge < -0.3 is 19.9 Å². The van der Waals surface area contributed by atoms with Gasteiger partial charge in [-0.3, -0.25) is 4.79 Å². The van der Waals surface area contributed by atoms with Crippen LogP contribution in [0.3, 0.4) is 0 Å². The molecule has 0 aromatic carbocycles. The molecule has 0 saturated heterocycles. The van der Waals surface area contributed by atoms with Gasteiger partial charge in [0.05, 0.1) is 18.6 Å². The Bertz CT molecular complexity index is 390. The normalized spacial score (nSPS) is 11.0. The Morgan fingerprint density at radius 3 is 3.00 bits per heavy atom. The largest absolute Gasteiger partial charge is 0.383 e. The lowest BCUT2D eigenvalue weighted by Gasteiger charge is -2.10. The van der Waals surface area contributed by atoms with Crippen molar-refractivity contribution in [3.8, 4) is 0 Å². The van der Waals surface area contributed by atoms with Crippen molar-refractivity contribution in [1.29, 1.82) is 0 Å². The number of methoxy groups -OCH3 is 1. The van der Waals surface area contributed by atoms with E-state index in [1.807, 2.05) is 10.8 Å². The number of carbonyl (C=O) groups excluding carboxylic acids is 1. The number of carbonyl (C=O) groups is 1. The fourth-order valence-corrected chi connectivity index (χ4v) is 1.72. The van der Waals surface area contributed by atoms with Gasteiger partial charge in [0.2, 0.25) is 5.91 Å². The summed E-state index contributed by atoms with van der Waals surface area (Å²) in [6.45, 7) is 7.78. The molecule has 2 N–H and O–H groups in total. The van der Waals surface area contributed by atoms with Crippen LogP contribution < -0.4 is 10.6 Å². The summed E-state index contributed by atoms with van der Waals surface area (Å²) in [5.41, 5.74) is 1.08. The first-order valence-corrected chi connectivity index (χ1v) is 7.08. The molecule has 0 radical (unpaired) electrons. The topological polar surface area (TPSA) is 68.2 Å². The van der Waals surface area contributed by atoms with Gasteiger partial charge >= 0.3 is 0 Å². The van der Waals surface area contributed by atoms with Crippen molar-refractivity contribution >= 4 is 5.91 Å². The van der Waals surface area contributed by atoms with Gasteiger partial charge in [-0.1, -0.05) is 13.8 Å². The molecule has 1 heterocycles. The summed E-state index contributed by atoms with van der Waals surface area (Å²) in [6, 6.07) is 0. The molecule has 6 heteroatoms. The van der Waals surface area contributed by atoms with E-state index >= 15 is 0 Å². The Morgan fingerprint density at radius 2 is 2.30 bits per heavy atom. The van der Waals surface area contributed by atoms with Crippen molar-refractivity contribution in [2.45, 2.75) is 33.4 Å². The van der Waals surface area contributed by atoms with E-state index in [0.29, 0.717) is 25.5 Å². The number of aryl methyl sites for hydroxylation is 1. The molecule has 0 aliphatic rings. The molecule has 1 aromatic rings. The molecule has 114 valence electrons. The lowest BCUT2D eigenvalue weighted by atomic mass is 10.2. The summed E-state index contributed by atoms with van der Waals surface area (Å²) in [4.78, 5) is 15.8. The van der Waals surface area contributed by atoms with Crippen molar-refractivity contribution in [1.82, 2.24) is 20.2 Å². The molecule has 0 atom stereocenters. The third kappa shape index (κ3) is 6.68. The minimum atomic E-state index is 0.0886. The average Bonchev–Trinajstić information content (AvgIpc) is 2.86. The maximum atomic E-state index is 11.7. The van der Waals surface area contributed by atoms with Crippen LogP contribution in [0.1, 0.15) is 26.0 Å². The van der Waals surface area contributed by atoms with Crippen molar-refractivity contribution in [3.05, 3.63) is 18.2 Å². The lowest BCUT2D eigenvalue weighted by molar-refractivity contribution is -0.121. The van der Waals surface area contributed by atoms with Crippen LogP contribution in [-0.2, 0) is 22.6 Å². The molecule has 1 amide bonds. The summed E-state index contributed by atoms with van der Waals surface area (Å²) in [5, 5.41) is 6.19. The summed E-state index contributed by atoms with van der Waals surface area (Å²) < 4.78 is 6.99. The highest BCUT2D eigenvalue weighted by Gasteiger charge is 2.06. The predicted molar refractivity (Wildman–Crippen MR) is 78.3 cm³/mol. The van der Waals surface area contributed by atoms with Crippen LogP contribution in [0.25, 0.3) is 0 Å². The third-order valence-corrected chi connectivity index (χ3v) is 2.87. The number of hydrogen-bond acceptors (Lipinski definition) is 4. The average molecular weight is 282 g/mol. The second-order valence-corrected chi connectivity index (χ2v) is 5.20. The number of hydrogen-bond donors (Lipinski definition) is 2. The first-order chi connectivity index (χ1) is 9.63. The maximum Gasteiger partial charge on any atom is 0.221 e. The molecule has 1 rings (SSSR count). The van der Waals surface area contributed by atoms with E-state index in [-0.39, 0.29) is 5.91 Å². The van der Waals surface area contributed by atoms with Crippen molar-refractivity contribution in [2.24, 2.45) is 5.92 Å². The van der Waals surface area contributed by atoms with Gasteiger partial charge in [-0.15, -0.1) is 0 Å². The highest BCUT2D eigenvalue weighted by atomic mass is 16.5. The van der Waals surface area contributed by atoms with E-state index < -0.39 is 0 Å². The number of aromatic nitrogens is 2. The first-order valence-electron chi connectivity index (χ1n) is 7.08. The quantitative estimate of drug-likeness (QED) is 0.622. The number of imidazole rings is 1. The van der Waals surface area contributed by atoms with Gasteiger partial charge in [-0.05, 0) is 5.92 Å². The molecule has 0 fully saturated rings. The Labute approximate surface area is 120 Å². The molecule has 0 unspecified atom stereocenters. The molecule has 20 heavy (non-hydrogen) atoms. The number of rotatable bonds is 10. The van der Waals surface area contributed by atoms with E-state index in [4.69, 9.17) is 4.74 Å². The molecule has 0 aliphatic heterocycles. The van der Waals surface area contributed by atoms with E-state index in [1.54, 1.807) is 13.4 Å². The minimum Gasteiger partial charge on any atom is -0.383 e. The molecule has 0 saturated carbocycles. The van der Waals surface area contributed by atoms with Gasteiger partial charge in [-0.2, -0.15) is 0 Å². The highest BCUT2D eigenvalue weighted by molar-refractivity contribution is 5.75. The van der Waals surface area contributed by atoms with Crippen LogP contribution in [0.4, 0.5) is 0 Å². The molecule has 6 nitrogen and oxygen atoms in total. The minimum absolute atomic E-state index is 0.0886. The van der Waals surface area contributed by atoms with Crippen LogP contribution in [-0.4, -0.2) is 42.3 Å². The van der Waals surface area contributed by atoms with E-state index in [0.717, 1.165) is 25.3 Å². The van der Waals surface area contributed by atoms with E-state index in [9.17, 15) is 4.79 Å². The Kier molecular flexibility index (Phi) is 7.91. The monoisotopic (exact) mass is 282 g/mol. The standard InChI is InChI=1S/C14H26N4O2/c1-12(2)8-17-14(19)4-6-18-11-16-10-13(18)9-15-5-7-20-3/h10-12,15H,4-9H2,1-3H3,(H,17,19). The molecule has 1 aromatic heterocycles. The molecule has 0 bridgehead atoms. The Morgan fingerprint density at radius 1 is 1.50 bits per heavy atom. The van der Waals surface area contributed by atoms with Gasteiger partial charge in [0, 0.05) is 45.9 Å². The number of ether oxygens (including phenoxy) is 1. The van der Waals surface area contributed by atoms with Crippen molar-refractivity contribution < 1.29 is 9.53 Å². The molecular weight excluding hydrogens is 256 g/mol. The van der Waals surface area contributed by atoms with Crippen molar-refractivity contribution in [3.63, 3.8) is 0 Å². The second kappa shape index (κ2) is 9.50. The van der Waals surface area contributed by atoms with Gasteiger partial charge in [0.1, 0.15) is 0 Å². The van der Waals surface area contributed by atoms with Crippen LogP contribution in [0.15, 0.2) is 12.5 Å². The fraction of sp³-hybridized carbons (Fsp3) is 0.714. The fourth-order valence-electron chi connectivity index (χ4n) is 1.72. The zero-order chi connectivity index (χ0) is 14.8. The number of nitrogens with one attached hydrogen (secondary N) is 2. The number of nitrogens with zero attached hydrogens (tertiary/aromatic N) is 2. The third-order valence-electron chi connectivity index (χ3n) is 2.87. The van der Waals surface area contributed by atoms with Crippen LogP contribution in [0, 0.1) is 5.92 Å². The predicted octanol–water partition coefficient (Wildman–Crippen LogP) is 0.781. The summed E-state index contributed by atoms with van der Waals surface area (Å²) >= 11 is 0. The Balaban J connectivity index is 2.29. The van der Waals surface area contributed by atoms with Crippen molar-refractivity contribution in [2.75, 3.05) is 26.8 Å². The summed E-state index contributed by atoms with van der Waals surface area (Å²) in [6.07, 6.45) is 4.07. The van der Waals surface area contributed by atoms with Crippen LogP contribution >= 0.6 is 0 Å². The molecule has 0 aliphatic carbocycles. The maximum absolute atomic E-state index is 11.7. The summed E-state index contributed by atoms with van der Waals surface area (Å²) in [5.74, 6) is 0.568. The SMILES string of the molecule is COCCNCc1cncn1CCC(=O)NCC(C)C. The first kappa shape index (κ1) is 16.7. The van der Waals surface area contributed by atoms with Gasteiger partial charge in [0.25, 0.3) is 0 Å². The smallest absolute Gasteiger partial charge is 0.221 e. The van der Waals surface area contributed by atoms with Gasteiger partial charge in [-0.25, -0.2) is 4.98 Å². The zero-order valence-electron chi connectivity index (χ0n) is 12.7. The second-order valence-electron chi connectivity index (χ2n) is 5.20. The zero-order valence-corrected chi connectivity index (χ0v) is 12.7.